The maximum Gasteiger partial charge on any atom is 0.344 e. The molecule has 4 nitrogen and oxygen atoms in total. The summed E-state index contributed by atoms with van der Waals surface area (Å²) < 4.78 is 18.0. The van der Waals surface area contributed by atoms with E-state index in [1.165, 1.54) is 42.5 Å². The number of aromatic hydroxyl groups is 2. The van der Waals surface area contributed by atoms with Gasteiger partial charge in [0.25, 0.3) is 0 Å². The van der Waals surface area contributed by atoms with E-state index in [1.807, 2.05) is 0 Å². The molecule has 100 valence electrons. The fourth-order valence-electron chi connectivity index (χ4n) is 1.97. The van der Waals surface area contributed by atoms with E-state index in [9.17, 15) is 19.4 Å². The SMILES string of the molecule is O=c1oc2cc(O)c(O)cc2cc1-c1ccc(F)cc1. The minimum atomic E-state index is -0.603. The van der Waals surface area contributed by atoms with Crippen LogP contribution in [0.4, 0.5) is 4.39 Å². The summed E-state index contributed by atoms with van der Waals surface area (Å²) in [4.78, 5) is 11.9. The third kappa shape index (κ3) is 1.99. The second kappa shape index (κ2) is 4.38. The minimum Gasteiger partial charge on any atom is -0.504 e. The average molecular weight is 272 g/mol. The summed E-state index contributed by atoms with van der Waals surface area (Å²) >= 11 is 0. The van der Waals surface area contributed by atoms with Gasteiger partial charge in [-0.1, -0.05) is 12.1 Å². The fraction of sp³-hybridized carbons (Fsp3) is 0. The first-order valence-corrected chi connectivity index (χ1v) is 5.80. The van der Waals surface area contributed by atoms with Gasteiger partial charge >= 0.3 is 5.63 Å². The van der Waals surface area contributed by atoms with Crippen LogP contribution in [-0.4, -0.2) is 10.2 Å². The molecule has 3 aromatic rings. The van der Waals surface area contributed by atoms with Crippen LogP contribution in [0.5, 0.6) is 11.5 Å². The Balaban J connectivity index is 2.26. The first-order chi connectivity index (χ1) is 9.54. The molecule has 0 aliphatic heterocycles. The Hall–Kier alpha value is -2.82. The standard InChI is InChI=1S/C15H9FO4/c16-10-3-1-8(2-4-10)11-5-9-6-12(17)13(18)7-14(9)20-15(11)19/h1-7,17-18H. The highest BCUT2D eigenvalue weighted by Crippen LogP contribution is 2.31. The van der Waals surface area contributed by atoms with Gasteiger partial charge in [0, 0.05) is 11.5 Å². The average Bonchev–Trinajstić information content (AvgIpc) is 2.41. The van der Waals surface area contributed by atoms with Gasteiger partial charge in [-0.3, -0.25) is 0 Å². The van der Waals surface area contributed by atoms with Gasteiger partial charge < -0.3 is 14.6 Å². The van der Waals surface area contributed by atoms with Crippen molar-refractivity contribution in [2.75, 3.05) is 0 Å². The Labute approximate surface area is 112 Å². The smallest absolute Gasteiger partial charge is 0.344 e. The van der Waals surface area contributed by atoms with Gasteiger partial charge in [-0.15, -0.1) is 0 Å². The maximum atomic E-state index is 12.9. The zero-order valence-electron chi connectivity index (χ0n) is 10.1. The monoisotopic (exact) mass is 272 g/mol. The highest BCUT2D eigenvalue weighted by atomic mass is 19.1. The Kier molecular flexibility index (Phi) is 2.68. The molecule has 5 heteroatoms. The van der Waals surface area contributed by atoms with E-state index >= 15 is 0 Å². The number of benzene rings is 2. The topological polar surface area (TPSA) is 70.7 Å². The van der Waals surface area contributed by atoms with Gasteiger partial charge in [0.2, 0.25) is 0 Å². The number of fused-ring (bicyclic) bond motifs is 1. The molecule has 0 saturated heterocycles. The van der Waals surface area contributed by atoms with Crippen molar-refractivity contribution in [2.24, 2.45) is 0 Å². The largest absolute Gasteiger partial charge is 0.504 e. The lowest BCUT2D eigenvalue weighted by molar-refractivity contribution is 0.403. The fourth-order valence-corrected chi connectivity index (χ4v) is 1.97. The van der Waals surface area contributed by atoms with Crippen molar-refractivity contribution >= 4 is 11.0 Å². The van der Waals surface area contributed by atoms with E-state index in [4.69, 9.17) is 4.42 Å². The molecule has 1 heterocycles. The molecule has 0 amide bonds. The van der Waals surface area contributed by atoms with Gasteiger partial charge in [-0.2, -0.15) is 0 Å². The van der Waals surface area contributed by atoms with E-state index in [2.05, 4.69) is 0 Å². The first-order valence-electron chi connectivity index (χ1n) is 5.80. The van der Waals surface area contributed by atoms with Crippen LogP contribution in [0.3, 0.4) is 0 Å². The molecule has 1 aromatic heterocycles. The third-order valence-electron chi connectivity index (χ3n) is 2.98. The molecule has 0 radical (unpaired) electrons. The van der Waals surface area contributed by atoms with Gasteiger partial charge in [0.1, 0.15) is 11.4 Å². The van der Waals surface area contributed by atoms with Crippen LogP contribution < -0.4 is 5.63 Å². The van der Waals surface area contributed by atoms with Crippen molar-refractivity contribution in [1.29, 1.82) is 0 Å². The highest BCUT2D eigenvalue weighted by molar-refractivity contribution is 5.84. The van der Waals surface area contributed by atoms with Crippen LogP contribution in [-0.2, 0) is 0 Å². The number of halogens is 1. The normalized spacial score (nSPS) is 10.8. The molecule has 2 aromatic carbocycles. The lowest BCUT2D eigenvalue weighted by Gasteiger charge is -2.04. The summed E-state index contributed by atoms with van der Waals surface area (Å²) in [5.41, 5.74) is 0.322. The van der Waals surface area contributed by atoms with E-state index in [0.29, 0.717) is 10.9 Å². The van der Waals surface area contributed by atoms with Crippen LogP contribution in [0.15, 0.2) is 51.7 Å². The second-order valence-corrected chi connectivity index (χ2v) is 4.33. The minimum absolute atomic E-state index is 0.163. The van der Waals surface area contributed by atoms with Gasteiger partial charge in [-0.25, -0.2) is 9.18 Å². The van der Waals surface area contributed by atoms with Crippen LogP contribution in [0.1, 0.15) is 0 Å². The first kappa shape index (κ1) is 12.2. The number of hydrogen-bond donors (Lipinski definition) is 2. The Morgan fingerprint density at radius 1 is 0.950 bits per heavy atom. The summed E-state index contributed by atoms with van der Waals surface area (Å²) in [5.74, 6) is -1.08. The predicted molar refractivity (Wildman–Crippen MR) is 71.2 cm³/mol. The molecule has 0 aliphatic carbocycles. The molecular formula is C15H9FO4. The molecule has 0 spiro atoms. The Morgan fingerprint density at radius 3 is 2.30 bits per heavy atom. The predicted octanol–water partition coefficient (Wildman–Crippen LogP) is 3.01. The Morgan fingerprint density at radius 2 is 1.60 bits per heavy atom. The zero-order valence-corrected chi connectivity index (χ0v) is 10.1. The van der Waals surface area contributed by atoms with Gasteiger partial charge in [0.15, 0.2) is 11.5 Å². The molecule has 0 fully saturated rings. The summed E-state index contributed by atoms with van der Waals surface area (Å²) in [6, 6.07) is 9.40. The van der Waals surface area contributed by atoms with E-state index in [-0.39, 0.29) is 22.6 Å². The lowest BCUT2D eigenvalue weighted by atomic mass is 10.1. The summed E-state index contributed by atoms with van der Waals surface area (Å²) in [6.45, 7) is 0. The summed E-state index contributed by atoms with van der Waals surface area (Å²) in [7, 11) is 0. The second-order valence-electron chi connectivity index (χ2n) is 4.33. The van der Waals surface area contributed by atoms with Gasteiger partial charge in [-0.05, 0) is 29.8 Å². The molecule has 0 aliphatic rings. The number of phenolic OH excluding ortho intramolecular Hbond substituents is 2. The number of phenols is 2. The number of rotatable bonds is 1. The zero-order chi connectivity index (χ0) is 14.3. The third-order valence-corrected chi connectivity index (χ3v) is 2.98. The van der Waals surface area contributed by atoms with Crippen molar-refractivity contribution in [2.45, 2.75) is 0 Å². The Bertz CT molecular complexity index is 850. The van der Waals surface area contributed by atoms with Crippen LogP contribution in [0.25, 0.3) is 22.1 Å². The van der Waals surface area contributed by atoms with Crippen LogP contribution in [0, 0.1) is 5.82 Å². The van der Waals surface area contributed by atoms with Crippen molar-refractivity contribution < 1.29 is 19.0 Å². The van der Waals surface area contributed by atoms with Crippen molar-refractivity contribution in [3.63, 3.8) is 0 Å². The molecular weight excluding hydrogens is 263 g/mol. The van der Waals surface area contributed by atoms with E-state index in [0.717, 1.165) is 0 Å². The quantitative estimate of drug-likeness (QED) is 0.527. The molecule has 20 heavy (non-hydrogen) atoms. The molecule has 0 saturated carbocycles. The molecule has 0 atom stereocenters. The van der Waals surface area contributed by atoms with E-state index < -0.39 is 11.4 Å². The molecule has 0 bridgehead atoms. The van der Waals surface area contributed by atoms with Gasteiger partial charge in [0.05, 0.1) is 5.56 Å². The van der Waals surface area contributed by atoms with Crippen molar-refractivity contribution in [3.05, 3.63) is 58.7 Å². The van der Waals surface area contributed by atoms with Crippen molar-refractivity contribution in [3.8, 4) is 22.6 Å². The summed E-state index contributed by atoms with van der Waals surface area (Å²) in [5, 5.41) is 19.3. The van der Waals surface area contributed by atoms with E-state index in [1.54, 1.807) is 0 Å². The summed E-state index contributed by atoms with van der Waals surface area (Å²) in [6.07, 6.45) is 0. The lowest BCUT2D eigenvalue weighted by Crippen LogP contribution is -2.02. The number of hydrogen-bond acceptors (Lipinski definition) is 4. The molecule has 0 unspecified atom stereocenters. The molecule has 2 N–H and O–H groups in total. The van der Waals surface area contributed by atoms with Crippen LogP contribution >= 0.6 is 0 Å². The van der Waals surface area contributed by atoms with Crippen LogP contribution in [0.2, 0.25) is 0 Å². The van der Waals surface area contributed by atoms with Crippen molar-refractivity contribution in [1.82, 2.24) is 0 Å². The molecule has 3 rings (SSSR count). The maximum absolute atomic E-state index is 12.9. The highest BCUT2D eigenvalue weighted by Gasteiger charge is 2.10.